The Balaban J connectivity index is 1.30. The van der Waals surface area contributed by atoms with Crippen molar-refractivity contribution < 1.29 is 19.1 Å². The first-order valence-corrected chi connectivity index (χ1v) is 15.6. The SMILES string of the molecule is O=C(CN(CC1CCCCC1)C(=O)[C@H](Cc1c[nH]cn1)NC(=O)OCc1ccccc1)NC(c1ccccc1)C1CCC1. The number of nitrogens with zero attached hydrogens (tertiary/aromatic N) is 2. The van der Waals surface area contributed by atoms with Crippen LogP contribution in [0.2, 0.25) is 0 Å². The first-order chi connectivity index (χ1) is 21.0. The lowest BCUT2D eigenvalue weighted by Crippen LogP contribution is -2.53. The Labute approximate surface area is 253 Å². The van der Waals surface area contributed by atoms with Crippen LogP contribution < -0.4 is 10.6 Å². The standard InChI is InChI=1S/C34H43N5O4/c40-31(38-32(28-17-10-18-28)27-15-8-3-9-16-27)22-39(21-25-11-4-1-5-12-25)33(41)30(19-29-20-35-24-36-29)37-34(42)43-23-26-13-6-2-7-14-26/h2-3,6-9,13-16,20,24-25,28,30,32H,1,4-5,10-12,17-19,21-23H2,(H,35,36)(H,37,42)(H,38,40)/t30-,32?/m0/s1. The van der Waals surface area contributed by atoms with Crippen LogP contribution in [0.3, 0.4) is 0 Å². The van der Waals surface area contributed by atoms with Crippen molar-refractivity contribution >= 4 is 17.9 Å². The molecule has 9 nitrogen and oxygen atoms in total. The smallest absolute Gasteiger partial charge is 0.408 e. The van der Waals surface area contributed by atoms with Crippen molar-refractivity contribution in [1.82, 2.24) is 25.5 Å². The average molecular weight is 586 g/mol. The third kappa shape index (κ3) is 8.92. The minimum atomic E-state index is -0.931. The minimum Gasteiger partial charge on any atom is -0.445 e. The molecule has 5 rings (SSSR count). The summed E-state index contributed by atoms with van der Waals surface area (Å²) < 4.78 is 5.46. The predicted molar refractivity (Wildman–Crippen MR) is 164 cm³/mol. The van der Waals surface area contributed by atoms with E-state index in [1.54, 1.807) is 17.4 Å². The molecule has 0 saturated heterocycles. The van der Waals surface area contributed by atoms with Crippen molar-refractivity contribution in [2.24, 2.45) is 11.8 Å². The zero-order chi connectivity index (χ0) is 29.9. The van der Waals surface area contributed by atoms with Crippen molar-refractivity contribution in [2.45, 2.75) is 76.5 Å². The van der Waals surface area contributed by atoms with Crippen LogP contribution in [-0.2, 0) is 27.4 Å². The summed E-state index contributed by atoms with van der Waals surface area (Å²) in [5.74, 6) is 0.218. The van der Waals surface area contributed by atoms with Gasteiger partial charge in [-0.2, -0.15) is 0 Å². The van der Waals surface area contributed by atoms with Gasteiger partial charge in [0.1, 0.15) is 12.6 Å². The maximum absolute atomic E-state index is 14.2. The van der Waals surface area contributed by atoms with Crippen LogP contribution in [0.25, 0.3) is 0 Å². The third-order valence-electron chi connectivity index (χ3n) is 8.72. The van der Waals surface area contributed by atoms with E-state index in [4.69, 9.17) is 4.74 Å². The average Bonchev–Trinajstić information content (AvgIpc) is 3.52. The van der Waals surface area contributed by atoms with E-state index in [0.29, 0.717) is 24.1 Å². The van der Waals surface area contributed by atoms with Crippen molar-refractivity contribution in [3.63, 3.8) is 0 Å². The molecule has 43 heavy (non-hydrogen) atoms. The van der Waals surface area contributed by atoms with Crippen LogP contribution in [-0.4, -0.2) is 51.9 Å². The molecular weight excluding hydrogens is 542 g/mol. The molecule has 1 aromatic heterocycles. The Hall–Kier alpha value is -4.14. The Bertz CT molecular complexity index is 1290. The van der Waals surface area contributed by atoms with Crippen molar-refractivity contribution in [3.05, 3.63) is 90.0 Å². The fourth-order valence-corrected chi connectivity index (χ4v) is 6.15. The number of hydrogen-bond acceptors (Lipinski definition) is 5. The van der Waals surface area contributed by atoms with Gasteiger partial charge in [-0.05, 0) is 48.6 Å². The molecule has 2 fully saturated rings. The summed E-state index contributed by atoms with van der Waals surface area (Å²) in [7, 11) is 0. The third-order valence-corrected chi connectivity index (χ3v) is 8.72. The number of hydrogen-bond donors (Lipinski definition) is 3. The number of imidazole rings is 1. The number of H-pyrrole nitrogens is 1. The van der Waals surface area contributed by atoms with E-state index in [9.17, 15) is 14.4 Å². The molecule has 2 aromatic carbocycles. The van der Waals surface area contributed by atoms with Gasteiger partial charge in [0.2, 0.25) is 11.8 Å². The number of benzene rings is 2. The first kappa shape index (κ1) is 30.3. The van der Waals surface area contributed by atoms with E-state index in [2.05, 4.69) is 32.7 Å². The van der Waals surface area contributed by atoms with Gasteiger partial charge in [-0.25, -0.2) is 9.78 Å². The van der Waals surface area contributed by atoms with Gasteiger partial charge < -0.3 is 25.3 Å². The minimum absolute atomic E-state index is 0.0663. The maximum atomic E-state index is 14.2. The Morgan fingerprint density at radius 3 is 2.28 bits per heavy atom. The molecule has 1 unspecified atom stereocenters. The molecule has 2 saturated carbocycles. The van der Waals surface area contributed by atoms with Crippen LogP contribution in [0.1, 0.15) is 74.2 Å². The second-order valence-electron chi connectivity index (χ2n) is 11.9. The molecule has 0 aliphatic heterocycles. The molecule has 0 bridgehead atoms. The molecule has 2 atom stereocenters. The number of ether oxygens (including phenoxy) is 1. The molecule has 3 N–H and O–H groups in total. The van der Waals surface area contributed by atoms with Crippen LogP contribution in [0.15, 0.2) is 73.2 Å². The number of aromatic nitrogens is 2. The second kappa shape index (κ2) is 15.4. The van der Waals surface area contributed by atoms with Crippen LogP contribution >= 0.6 is 0 Å². The van der Waals surface area contributed by atoms with E-state index in [-0.39, 0.29) is 37.4 Å². The van der Waals surface area contributed by atoms with Gasteiger partial charge in [-0.1, -0.05) is 86.3 Å². The molecule has 1 heterocycles. The number of carbonyl (C=O) groups is 3. The lowest BCUT2D eigenvalue weighted by molar-refractivity contribution is -0.139. The molecule has 0 spiro atoms. The summed E-state index contributed by atoms with van der Waals surface area (Å²) >= 11 is 0. The molecule has 3 aromatic rings. The van der Waals surface area contributed by atoms with E-state index < -0.39 is 12.1 Å². The number of aromatic amines is 1. The predicted octanol–water partition coefficient (Wildman–Crippen LogP) is 5.31. The number of alkyl carbamates (subject to hydrolysis) is 1. The summed E-state index contributed by atoms with van der Waals surface area (Å²) in [6.45, 7) is 0.499. The molecular formula is C34H43N5O4. The summed E-state index contributed by atoms with van der Waals surface area (Å²) in [6.07, 6.45) is 11.5. The van der Waals surface area contributed by atoms with E-state index in [0.717, 1.165) is 56.1 Å². The fraction of sp³-hybridized carbons (Fsp3) is 0.471. The molecule has 228 valence electrons. The zero-order valence-electron chi connectivity index (χ0n) is 24.8. The van der Waals surface area contributed by atoms with Crippen molar-refractivity contribution in [1.29, 1.82) is 0 Å². The molecule has 2 aliphatic carbocycles. The lowest BCUT2D eigenvalue weighted by Gasteiger charge is -2.36. The van der Waals surface area contributed by atoms with Gasteiger partial charge in [0.05, 0.1) is 24.6 Å². The largest absolute Gasteiger partial charge is 0.445 e. The second-order valence-corrected chi connectivity index (χ2v) is 11.9. The quantitative estimate of drug-likeness (QED) is 0.251. The van der Waals surface area contributed by atoms with Crippen molar-refractivity contribution in [3.8, 4) is 0 Å². The van der Waals surface area contributed by atoms with Gasteiger partial charge in [0.15, 0.2) is 0 Å². The Morgan fingerprint density at radius 1 is 0.907 bits per heavy atom. The Morgan fingerprint density at radius 2 is 1.63 bits per heavy atom. The highest BCUT2D eigenvalue weighted by atomic mass is 16.5. The van der Waals surface area contributed by atoms with Gasteiger partial charge in [-0.3, -0.25) is 9.59 Å². The number of rotatable bonds is 13. The highest BCUT2D eigenvalue weighted by molar-refractivity contribution is 5.90. The summed E-state index contributed by atoms with van der Waals surface area (Å²) in [5.41, 5.74) is 2.57. The topological polar surface area (TPSA) is 116 Å². The van der Waals surface area contributed by atoms with Gasteiger partial charge in [0, 0.05) is 19.2 Å². The summed E-state index contributed by atoms with van der Waals surface area (Å²) in [6, 6.07) is 18.5. The number of carbonyl (C=O) groups excluding carboxylic acids is 3. The molecule has 2 aliphatic rings. The van der Waals surface area contributed by atoms with E-state index in [1.807, 2.05) is 48.5 Å². The van der Waals surface area contributed by atoms with Crippen LogP contribution in [0.5, 0.6) is 0 Å². The number of amides is 3. The zero-order valence-corrected chi connectivity index (χ0v) is 24.8. The van der Waals surface area contributed by atoms with Gasteiger partial charge >= 0.3 is 6.09 Å². The van der Waals surface area contributed by atoms with Crippen molar-refractivity contribution in [2.75, 3.05) is 13.1 Å². The number of nitrogens with one attached hydrogen (secondary N) is 3. The van der Waals surface area contributed by atoms with Gasteiger partial charge in [-0.15, -0.1) is 0 Å². The maximum Gasteiger partial charge on any atom is 0.408 e. The molecule has 9 heteroatoms. The highest BCUT2D eigenvalue weighted by Gasteiger charge is 2.33. The fourth-order valence-electron chi connectivity index (χ4n) is 6.15. The first-order valence-electron chi connectivity index (χ1n) is 15.6. The molecule has 3 amide bonds. The Kier molecular flexibility index (Phi) is 10.8. The molecule has 0 radical (unpaired) electrons. The van der Waals surface area contributed by atoms with Crippen LogP contribution in [0, 0.1) is 11.8 Å². The van der Waals surface area contributed by atoms with Crippen LogP contribution in [0.4, 0.5) is 4.79 Å². The monoisotopic (exact) mass is 585 g/mol. The normalized spacial score (nSPS) is 16.8. The van der Waals surface area contributed by atoms with Gasteiger partial charge in [0.25, 0.3) is 0 Å². The van der Waals surface area contributed by atoms with E-state index in [1.165, 1.54) is 6.42 Å². The summed E-state index contributed by atoms with van der Waals surface area (Å²) in [4.78, 5) is 49.5. The van der Waals surface area contributed by atoms with E-state index >= 15 is 0 Å². The lowest BCUT2D eigenvalue weighted by atomic mass is 9.77. The summed E-state index contributed by atoms with van der Waals surface area (Å²) in [5, 5.41) is 6.04. The highest BCUT2D eigenvalue weighted by Crippen LogP contribution is 2.37.